The zero-order valence-electron chi connectivity index (χ0n) is 11.7. The molecular weight excluding hydrogens is 298 g/mol. The standard InChI is InChI=1S/C12H21N3O5S/c1-6(16)9(13)10(17)14-7(5-21)11(18)15-4-2-3-8(15)12(19)20/h6-9,16,21H,2-5,13H2,1H3,(H,14,17)(H,19,20)/t6-,7+,8-,9+/m1/s1. The van der Waals surface area contributed by atoms with E-state index in [1.807, 2.05) is 0 Å². The van der Waals surface area contributed by atoms with Gasteiger partial charge in [-0.05, 0) is 19.8 Å². The van der Waals surface area contributed by atoms with Gasteiger partial charge in [0.15, 0.2) is 0 Å². The Bertz CT molecular complexity index is 418. The number of thiol groups is 1. The molecule has 1 fully saturated rings. The summed E-state index contributed by atoms with van der Waals surface area (Å²) in [5.74, 6) is -2.23. The fraction of sp³-hybridized carbons (Fsp3) is 0.750. The van der Waals surface area contributed by atoms with E-state index in [2.05, 4.69) is 17.9 Å². The SMILES string of the molecule is C[C@@H](O)[C@H](N)C(=O)N[C@@H](CS)C(=O)N1CCC[C@@H]1C(=O)O. The number of aliphatic carboxylic acids is 1. The quantitative estimate of drug-likeness (QED) is 0.366. The summed E-state index contributed by atoms with van der Waals surface area (Å²) >= 11 is 4.01. The van der Waals surface area contributed by atoms with Crippen molar-refractivity contribution in [1.29, 1.82) is 0 Å². The molecule has 1 heterocycles. The second-order valence-electron chi connectivity index (χ2n) is 5.04. The van der Waals surface area contributed by atoms with E-state index in [1.54, 1.807) is 0 Å². The average molecular weight is 319 g/mol. The summed E-state index contributed by atoms with van der Waals surface area (Å²) in [4.78, 5) is 36.4. The normalized spacial score (nSPS) is 22.5. The molecule has 8 nitrogen and oxygen atoms in total. The zero-order valence-corrected chi connectivity index (χ0v) is 12.6. The number of amides is 2. The molecule has 1 aliphatic rings. The van der Waals surface area contributed by atoms with E-state index in [0.29, 0.717) is 19.4 Å². The summed E-state index contributed by atoms with van der Waals surface area (Å²) in [6.45, 7) is 1.70. The number of rotatable bonds is 6. The Kier molecular flexibility index (Phi) is 6.43. The highest BCUT2D eigenvalue weighted by molar-refractivity contribution is 7.80. The largest absolute Gasteiger partial charge is 0.480 e. The minimum atomic E-state index is -1.16. The second kappa shape index (κ2) is 7.62. The number of aliphatic hydroxyl groups is 1. The topological polar surface area (TPSA) is 133 Å². The van der Waals surface area contributed by atoms with Crippen molar-refractivity contribution in [2.75, 3.05) is 12.3 Å². The summed E-state index contributed by atoms with van der Waals surface area (Å²) in [5, 5.41) is 20.7. The molecule has 0 aliphatic carbocycles. The Morgan fingerprint density at radius 3 is 2.57 bits per heavy atom. The maximum atomic E-state index is 12.3. The van der Waals surface area contributed by atoms with Crippen molar-refractivity contribution in [1.82, 2.24) is 10.2 Å². The Balaban J connectivity index is 2.73. The Morgan fingerprint density at radius 1 is 1.48 bits per heavy atom. The van der Waals surface area contributed by atoms with Crippen molar-refractivity contribution in [3.63, 3.8) is 0 Å². The second-order valence-corrected chi connectivity index (χ2v) is 5.40. The molecule has 0 aromatic heterocycles. The molecule has 0 aromatic carbocycles. The molecule has 0 bridgehead atoms. The lowest BCUT2D eigenvalue weighted by Gasteiger charge is -2.27. The van der Waals surface area contributed by atoms with Gasteiger partial charge in [-0.15, -0.1) is 0 Å². The molecule has 2 amide bonds. The minimum Gasteiger partial charge on any atom is -0.480 e. The Hall–Kier alpha value is -1.32. The van der Waals surface area contributed by atoms with Gasteiger partial charge < -0.3 is 26.2 Å². The zero-order chi connectivity index (χ0) is 16.2. The van der Waals surface area contributed by atoms with Gasteiger partial charge >= 0.3 is 5.97 Å². The fourth-order valence-corrected chi connectivity index (χ4v) is 2.41. The van der Waals surface area contributed by atoms with Crippen molar-refractivity contribution >= 4 is 30.4 Å². The van der Waals surface area contributed by atoms with E-state index in [4.69, 9.17) is 10.8 Å². The van der Waals surface area contributed by atoms with Crippen molar-refractivity contribution in [3.8, 4) is 0 Å². The number of carbonyl (C=O) groups excluding carboxylic acids is 2. The maximum absolute atomic E-state index is 12.3. The van der Waals surface area contributed by atoms with Gasteiger partial charge in [0.25, 0.3) is 0 Å². The van der Waals surface area contributed by atoms with E-state index in [1.165, 1.54) is 11.8 Å². The lowest BCUT2D eigenvalue weighted by atomic mass is 10.1. The van der Waals surface area contributed by atoms with Gasteiger partial charge in [0.1, 0.15) is 18.1 Å². The number of aliphatic hydroxyl groups excluding tert-OH is 1. The van der Waals surface area contributed by atoms with Crippen LogP contribution in [0, 0.1) is 0 Å². The number of carbonyl (C=O) groups is 3. The first-order chi connectivity index (χ1) is 9.79. The maximum Gasteiger partial charge on any atom is 0.326 e. The summed E-state index contributed by atoms with van der Waals surface area (Å²) < 4.78 is 0. The van der Waals surface area contributed by atoms with Crippen LogP contribution in [-0.2, 0) is 14.4 Å². The third kappa shape index (κ3) is 4.32. The van der Waals surface area contributed by atoms with Crippen LogP contribution in [0.4, 0.5) is 0 Å². The molecule has 9 heteroatoms. The molecule has 0 unspecified atom stereocenters. The predicted octanol–water partition coefficient (Wildman–Crippen LogP) is -1.82. The summed E-state index contributed by atoms with van der Waals surface area (Å²) in [5.41, 5.74) is 5.49. The first-order valence-corrected chi connectivity index (χ1v) is 7.31. The first kappa shape index (κ1) is 17.7. The van der Waals surface area contributed by atoms with Crippen molar-refractivity contribution in [3.05, 3.63) is 0 Å². The average Bonchev–Trinajstić information content (AvgIpc) is 2.92. The van der Waals surface area contributed by atoms with E-state index in [-0.39, 0.29) is 5.75 Å². The van der Waals surface area contributed by atoms with Crippen LogP contribution in [0.2, 0.25) is 0 Å². The number of nitrogens with zero attached hydrogens (tertiary/aromatic N) is 1. The van der Waals surface area contributed by atoms with Crippen LogP contribution in [0.1, 0.15) is 19.8 Å². The van der Waals surface area contributed by atoms with Crippen LogP contribution in [0.5, 0.6) is 0 Å². The molecule has 120 valence electrons. The molecule has 5 N–H and O–H groups in total. The molecule has 0 saturated carbocycles. The summed E-state index contributed by atoms with van der Waals surface area (Å²) in [7, 11) is 0. The van der Waals surface area contributed by atoms with Gasteiger partial charge in [0.2, 0.25) is 11.8 Å². The number of carboxylic acids is 1. The Morgan fingerprint density at radius 2 is 2.10 bits per heavy atom. The van der Waals surface area contributed by atoms with Crippen molar-refractivity contribution in [2.45, 2.75) is 44.0 Å². The molecule has 0 radical (unpaired) electrons. The van der Waals surface area contributed by atoms with Crippen LogP contribution < -0.4 is 11.1 Å². The van der Waals surface area contributed by atoms with E-state index >= 15 is 0 Å². The van der Waals surface area contributed by atoms with Crippen LogP contribution >= 0.6 is 12.6 Å². The molecule has 0 aromatic rings. The number of likely N-dealkylation sites (tertiary alicyclic amines) is 1. The van der Waals surface area contributed by atoms with Gasteiger partial charge in [-0.2, -0.15) is 12.6 Å². The van der Waals surface area contributed by atoms with Crippen molar-refractivity contribution < 1.29 is 24.6 Å². The van der Waals surface area contributed by atoms with Gasteiger partial charge in [0, 0.05) is 12.3 Å². The highest BCUT2D eigenvalue weighted by atomic mass is 32.1. The number of hydrogen-bond acceptors (Lipinski definition) is 6. The monoisotopic (exact) mass is 319 g/mol. The van der Waals surface area contributed by atoms with Crippen LogP contribution in [0.15, 0.2) is 0 Å². The third-order valence-corrected chi connectivity index (χ3v) is 3.81. The number of nitrogens with one attached hydrogen (secondary N) is 1. The van der Waals surface area contributed by atoms with Gasteiger partial charge in [-0.25, -0.2) is 4.79 Å². The molecule has 1 aliphatic heterocycles. The van der Waals surface area contributed by atoms with Gasteiger partial charge in [-0.3, -0.25) is 9.59 Å². The smallest absolute Gasteiger partial charge is 0.326 e. The molecule has 4 atom stereocenters. The number of carboxylic acid groups (broad SMARTS) is 1. The highest BCUT2D eigenvalue weighted by Gasteiger charge is 2.37. The van der Waals surface area contributed by atoms with Crippen molar-refractivity contribution in [2.24, 2.45) is 5.73 Å². The van der Waals surface area contributed by atoms with Gasteiger partial charge in [0.05, 0.1) is 6.10 Å². The van der Waals surface area contributed by atoms with Crippen LogP contribution in [-0.4, -0.2) is 69.4 Å². The third-order valence-electron chi connectivity index (χ3n) is 3.44. The molecule has 0 spiro atoms. The van der Waals surface area contributed by atoms with Gasteiger partial charge in [-0.1, -0.05) is 0 Å². The fourth-order valence-electron chi connectivity index (χ4n) is 2.16. The lowest BCUT2D eigenvalue weighted by molar-refractivity contribution is -0.149. The molecule has 1 rings (SSSR count). The first-order valence-electron chi connectivity index (χ1n) is 6.67. The summed E-state index contributed by atoms with van der Waals surface area (Å²) in [6.07, 6.45) is -0.0656. The van der Waals surface area contributed by atoms with Crippen LogP contribution in [0.25, 0.3) is 0 Å². The molecule has 21 heavy (non-hydrogen) atoms. The van der Waals surface area contributed by atoms with Crippen LogP contribution in [0.3, 0.4) is 0 Å². The number of hydrogen-bond donors (Lipinski definition) is 5. The van der Waals surface area contributed by atoms with E-state index < -0.39 is 42.0 Å². The predicted molar refractivity (Wildman–Crippen MR) is 77.8 cm³/mol. The highest BCUT2D eigenvalue weighted by Crippen LogP contribution is 2.18. The minimum absolute atomic E-state index is 0.0138. The van der Waals surface area contributed by atoms with E-state index in [0.717, 1.165) is 0 Å². The molecular formula is C12H21N3O5S. The molecule has 1 saturated heterocycles. The summed E-state index contributed by atoms with van der Waals surface area (Å²) in [6, 6.07) is -3.00. The number of nitrogens with two attached hydrogens (primary N) is 1. The Labute approximate surface area is 128 Å². The van der Waals surface area contributed by atoms with E-state index in [9.17, 15) is 19.5 Å². The lowest BCUT2D eigenvalue weighted by Crippen LogP contribution is -2.57.